The molecule has 41 heavy (non-hydrogen) atoms. The van der Waals surface area contributed by atoms with Crippen LogP contribution in [0.3, 0.4) is 0 Å². The van der Waals surface area contributed by atoms with Gasteiger partial charge < -0.3 is 5.32 Å². The number of aromatic nitrogens is 9. The number of amides is 1. The third kappa shape index (κ3) is 4.30. The standard InChI is InChI=1S/C27H28FN11O2/c1-15-10-21(36-35-15)32-24-20-13-30-37(3)25(20)34-23(33-24)17-6-8-27(9-7-17)26(40)39(41-27)16(2)18-4-5-22(29-11-18)38-14-19(28)12-31-38/h4-5,10-14,16-17H,6-9H2,1-3H3,(H2,32,33,34,35,36)/t16-,17?,27?/m0/s1. The minimum atomic E-state index is -0.824. The molecule has 1 aliphatic heterocycles. The molecule has 1 saturated heterocycles. The van der Waals surface area contributed by atoms with Crippen molar-refractivity contribution in [2.75, 3.05) is 5.32 Å². The fourth-order valence-corrected chi connectivity index (χ4v) is 5.59. The van der Waals surface area contributed by atoms with Gasteiger partial charge in [-0.25, -0.2) is 29.1 Å². The zero-order valence-corrected chi connectivity index (χ0v) is 22.7. The van der Waals surface area contributed by atoms with E-state index in [2.05, 4.69) is 30.7 Å². The van der Waals surface area contributed by atoms with Crippen molar-refractivity contribution in [3.63, 3.8) is 0 Å². The van der Waals surface area contributed by atoms with Crippen LogP contribution in [0.15, 0.2) is 43.0 Å². The molecule has 1 atom stereocenters. The predicted molar refractivity (Wildman–Crippen MR) is 145 cm³/mol. The molecular formula is C27H28FN11O2. The minimum absolute atomic E-state index is 0.0269. The maximum absolute atomic E-state index is 13.4. The molecule has 5 aromatic rings. The number of H-pyrrole nitrogens is 1. The fourth-order valence-electron chi connectivity index (χ4n) is 5.59. The van der Waals surface area contributed by atoms with Crippen molar-refractivity contribution < 1.29 is 14.0 Å². The molecule has 7 rings (SSSR count). The normalized spacial score (nSPS) is 21.4. The van der Waals surface area contributed by atoms with Crippen LogP contribution in [0.5, 0.6) is 0 Å². The molecule has 1 spiro atoms. The molecule has 0 aromatic carbocycles. The molecule has 0 radical (unpaired) electrons. The summed E-state index contributed by atoms with van der Waals surface area (Å²) >= 11 is 0. The van der Waals surface area contributed by atoms with Crippen molar-refractivity contribution in [1.29, 1.82) is 0 Å². The summed E-state index contributed by atoms with van der Waals surface area (Å²) in [6.07, 6.45) is 8.37. The number of nitrogens with zero attached hydrogens (tertiary/aromatic N) is 9. The van der Waals surface area contributed by atoms with Crippen LogP contribution in [0.1, 0.15) is 61.6 Å². The third-order valence-electron chi connectivity index (χ3n) is 7.97. The van der Waals surface area contributed by atoms with Gasteiger partial charge in [-0.2, -0.15) is 15.3 Å². The summed E-state index contributed by atoms with van der Waals surface area (Å²) < 4.78 is 16.4. The number of aromatic amines is 1. The van der Waals surface area contributed by atoms with Crippen molar-refractivity contribution in [2.24, 2.45) is 7.05 Å². The highest BCUT2D eigenvalue weighted by Crippen LogP contribution is 2.47. The molecule has 0 unspecified atom stereocenters. The minimum Gasteiger partial charge on any atom is -0.323 e. The molecule has 1 amide bonds. The SMILES string of the molecule is Cc1cc(Nc2nc(C3CCC4(CC3)ON([C@@H](C)c3ccc(-n5cc(F)cn5)nc3)C4=O)nc3c2cnn3C)n[nH]1. The Morgan fingerprint density at radius 1 is 1.17 bits per heavy atom. The van der Waals surface area contributed by atoms with E-state index < -0.39 is 11.4 Å². The van der Waals surface area contributed by atoms with Gasteiger partial charge in [0, 0.05) is 30.9 Å². The van der Waals surface area contributed by atoms with E-state index in [-0.39, 0.29) is 17.9 Å². The van der Waals surface area contributed by atoms with Crippen molar-refractivity contribution in [1.82, 2.24) is 49.8 Å². The summed E-state index contributed by atoms with van der Waals surface area (Å²) in [4.78, 5) is 33.7. The number of nitrogens with one attached hydrogen (secondary N) is 2. The molecule has 5 aromatic heterocycles. The highest BCUT2D eigenvalue weighted by atomic mass is 19.1. The quantitative estimate of drug-likeness (QED) is 0.319. The Kier molecular flexibility index (Phi) is 5.81. The van der Waals surface area contributed by atoms with Crippen LogP contribution in [-0.4, -0.2) is 61.3 Å². The van der Waals surface area contributed by atoms with Crippen LogP contribution in [-0.2, 0) is 16.7 Å². The largest absolute Gasteiger partial charge is 0.323 e. The summed E-state index contributed by atoms with van der Waals surface area (Å²) in [6, 6.07) is 5.16. The molecule has 2 fully saturated rings. The van der Waals surface area contributed by atoms with Gasteiger partial charge in [0.15, 0.2) is 28.7 Å². The maximum Gasteiger partial charge on any atom is 0.281 e. The summed E-state index contributed by atoms with van der Waals surface area (Å²) in [5.41, 5.74) is 1.66. The topological polar surface area (TPSA) is 145 Å². The molecule has 14 heteroatoms. The van der Waals surface area contributed by atoms with E-state index in [4.69, 9.17) is 14.8 Å². The van der Waals surface area contributed by atoms with E-state index in [9.17, 15) is 9.18 Å². The van der Waals surface area contributed by atoms with Gasteiger partial charge in [-0.15, -0.1) is 0 Å². The Morgan fingerprint density at radius 3 is 2.66 bits per heavy atom. The highest BCUT2D eigenvalue weighted by Gasteiger charge is 2.57. The van der Waals surface area contributed by atoms with Crippen LogP contribution < -0.4 is 5.32 Å². The van der Waals surface area contributed by atoms with Gasteiger partial charge >= 0.3 is 0 Å². The van der Waals surface area contributed by atoms with Crippen LogP contribution in [0.4, 0.5) is 16.0 Å². The van der Waals surface area contributed by atoms with E-state index >= 15 is 0 Å². The lowest BCUT2D eigenvalue weighted by Gasteiger charge is -2.52. The molecule has 0 bridgehead atoms. The van der Waals surface area contributed by atoms with Crippen LogP contribution in [0.25, 0.3) is 16.9 Å². The maximum atomic E-state index is 13.4. The van der Waals surface area contributed by atoms with E-state index in [1.807, 2.05) is 33.0 Å². The first-order valence-electron chi connectivity index (χ1n) is 13.5. The van der Waals surface area contributed by atoms with E-state index in [1.165, 1.54) is 15.9 Å². The Labute approximate surface area is 233 Å². The van der Waals surface area contributed by atoms with Crippen molar-refractivity contribution in [3.8, 4) is 5.82 Å². The number of hydrogen-bond donors (Lipinski definition) is 2. The fraction of sp³-hybridized carbons (Fsp3) is 0.370. The van der Waals surface area contributed by atoms with Gasteiger partial charge in [0.05, 0.1) is 30.0 Å². The number of fused-ring (bicyclic) bond motifs is 1. The zero-order valence-electron chi connectivity index (χ0n) is 22.7. The lowest BCUT2D eigenvalue weighted by atomic mass is 9.76. The van der Waals surface area contributed by atoms with Crippen molar-refractivity contribution >= 4 is 28.6 Å². The Morgan fingerprint density at radius 2 is 2.00 bits per heavy atom. The highest BCUT2D eigenvalue weighted by molar-refractivity contribution is 5.89. The summed E-state index contributed by atoms with van der Waals surface area (Å²) in [5, 5.41) is 21.0. The average Bonchev–Trinajstić information content (AvgIpc) is 3.71. The van der Waals surface area contributed by atoms with Crippen LogP contribution in [0.2, 0.25) is 0 Å². The summed E-state index contributed by atoms with van der Waals surface area (Å²) in [7, 11) is 1.86. The second kappa shape index (κ2) is 9.44. The van der Waals surface area contributed by atoms with Gasteiger partial charge in [-0.1, -0.05) is 6.07 Å². The monoisotopic (exact) mass is 557 g/mol. The van der Waals surface area contributed by atoms with Gasteiger partial charge in [-0.3, -0.25) is 19.4 Å². The van der Waals surface area contributed by atoms with Crippen LogP contribution >= 0.6 is 0 Å². The van der Waals surface area contributed by atoms with Gasteiger partial charge in [-0.05, 0) is 51.2 Å². The van der Waals surface area contributed by atoms with Crippen molar-refractivity contribution in [2.45, 2.75) is 57.1 Å². The number of hydrogen-bond acceptors (Lipinski definition) is 9. The summed E-state index contributed by atoms with van der Waals surface area (Å²) in [5.74, 6) is 2.13. The molecular weight excluding hydrogens is 529 g/mol. The molecule has 1 saturated carbocycles. The van der Waals surface area contributed by atoms with E-state index in [0.717, 1.165) is 41.3 Å². The van der Waals surface area contributed by atoms with E-state index in [0.29, 0.717) is 36.1 Å². The number of carbonyl (C=O) groups excluding carboxylic acids is 1. The number of halogens is 1. The first kappa shape index (κ1) is 25.3. The van der Waals surface area contributed by atoms with Crippen LogP contribution in [0, 0.1) is 12.7 Å². The van der Waals surface area contributed by atoms with Crippen molar-refractivity contribution in [3.05, 3.63) is 65.9 Å². The average molecular weight is 558 g/mol. The zero-order chi connectivity index (χ0) is 28.3. The third-order valence-corrected chi connectivity index (χ3v) is 7.97. The number of rotatable bonds is 6. The molecule has 13 nitrogen and oxygen atoms in total. The molecule has 2 N–H and O–H groups in total. The molecule has 6 heterocycles. The number of hydroxylamine groups is 2. The Bertz CT molecular complexity index is 1750. The predicted octanol–water partition coefficient (Wildman–Crippen LogP) is 3.79. The number of aryl methyl sites for hydroxylation is 2. The second-order valence-electron chi connectivity index (χ2n) is 10.7. The first-order chi connectivity index (χ1) is 19.8. The van der Waals surface area contributed by atoms with Gasteiger partial charge in [0.25, 0.3) is 5.91 Å². The lowest BCUT2D eigenvalue weighted by molar-refractivity contribution is -0.328. The number of anilines is 2. The number of pyridine rings is 1. The first-order valence-corrected chi connectivity index (χ1v) is 13.5. The molecule has 1 aliphatic carbocycles. The Balaban J connectivity index is 1.04. The number of carbonyl (C=O) groups is 1. The Hall–Kier alpha value is -4.72. The molecule has 2 aliphatic rings. The molecule has 210 valence electrons. The second-order valence-corrected chi connectivity index (χ2v) is 10.7. The van der Waals surface area contributed by atoms with Gasteiger partial charge in [0.2, 0.25) is 0 Å². The van der Waals surface area contributed by atoms with Gasteiger partial charge in [0.1, 0.15) is 11.6 Å². The lowest BCUT2D eigenvalue weighted by Crippen LogP contribution is -2.65. The van der Waals surface area contributed by atoms with E-state index in [1.54, 1.807) is 23.1 Å². The summed E-state index contributed by atoms with van der Waals surface area (Å²) in [6.45, 7) is 3.83. The smallest absolute Gasteiger partial charge is 0.281 e.